The summed E-state index contributed by atoms with van der Waals surface area (Å²) < 4.78 is 40.7. The molecule has 2 aliphatic rings. The molecule has 1 unspecified atom stereocenters. The summed E-state index contributed by atoms with van der Waals surface area (Å²) in [6.45, 7) is 0.0796. The van der Waals surface area contributed by atoms with Crippen molar-refractivity contribution in [3.63, 3.8) is 0 Å². The molecule has 0 spiro atoms. The summed E-state index contributed by atoms with van der Waals surface area (Å²) in [6.07, 6.45) is 0.954. The van der Waals surface area contributed by atoms with Gasteiger partial charge in [0.1, 0.15) is 18.8 Å². The summed E-state index contributed by atoms with van der Waals surface area (Å²) in [5.41, 5.74) is 0.836. The number of hydrogen-bond acceptors (Lipinski definition) is 7. The van der Waals surface area contributed by atoms with E-state index in [1.54, 1.807) is 0 Å². The van der Waals surface area contributed by atoms with Crippen LogP contribution >= 0.6 is 11.8 Å². The summed E-state index contributed by atoms with van der Waals surface area (Å²) >= 11 is 1.36. The molecular weight excluding hydrogens is 550 g/mol. The first-order valence-electron chi connectivity index (χ1n) is 13.2. The van der Waals surface area contributed by atoms with Gasteiger partial charge in [-0.25, -0.2) is 13.8 Å². The molecule has 0 saturated heterocycles. The molecule has 10 heteroatoms. The topological polar surface area (TPSA) is 92.3 Å². The number of nitroso groups, excluding NO2 is 1. The van der Waals surface area contributed by atoms with Crippen LogP contribution in [0.25, 0.3) is 0 Å². The largest absolute Gasteiger partial charge is 0.482 e. The third-order valence-electron chi connectivity index (χ3n) is 7.80. The van der Waals surface area contributed by atoms with E-state index in [-0.39, 0.29) is 36.0 Å². The summed E-state index contributed by atoms with van der Waals surface area (Å²) in [5.74, 6) is -1.85. The summed E-state index contributed by atoms with van der Waals surface area (Å²) in [5, 5.41) is 16.2. The molecule has 1 aliphatic heterocycles. The summed E-state index contributed by atoms with van der Waals surface area (Å²) in [6, 6.07) is 19.6. The average Bonchev–Trinajstić information content (AvgIpc) is 3.80. The standard InChI is InChI=1S/C31H26F2N2O5S/c32-23-11-10-20-22(26(23)33)17-41-25-9-5-4-8-21(25)27(20)35(34-38)18-31(13-14-31)30(37)29-28(24(36)12-15-39-29)40-16-19-6-2-1-3-7-19/h1-12,15,27,30,37H,13-14,16-18H2/t27-,30?/m0/s1. The van der Waals surface area contributed by atoms with Crippen LogP contribution < -0.4 is 10.2 Å². The second kappa shape index (κ2) is 11.1. The Morgan fingerprint density at radius 1 is 1.05 bits per heavy atom. The SMILES string of the molecule is O=NN(CC1(C(O)c2occc(=O)c2OCc2ccccc2)CC1)[C@@H]1c2ccccc2SCc2c1ccc(F)c2F. The number of fused-ring (bicyclic) bond motifs is 2. The zero-order chi connectivity index (χ0) is 28.6. The highest BCUT2D eigenvalue weighted by molar-refractivity contribution is 7.98. The molecule has 1 saturated carbocycles. The quantitative estimate of drug-likeness (QED) is 0.175. The average molecular weight is 577 g/mol. The van der Waals surface area contributed by atoms with Crippen molar-refractivity contribution in [2.75, 3.05) is 6.54 Å². The van der Waals surface area contributed by atoms with E-state index in [1.165, 1.54) is 35.2 Å². The number of halogens is 2. The lowest BCUT2D eigenvalue weighted by Gasteiger charge is -2.33. The van der Waals surface area contributed by atoms with Crippen molar-refractivity contribution < 1.29 is 23.0 Å². The fourth-order valence-electron chi connectivity index (χ4n) is 5.41. The van der Waals surface area contributed by atoms with Crippen LogP contribution in [0.4, 0.5) is 8.78 Å². The Labute approximate surface area is 238 Å². The second-order valence-corrected chi connectivity index (χ2v) is 11.4. The number of aliphatic hydroxyl groups excluding tert-OH is 1. The zero-order valence-corrected chi connectivity index (χ0v) is 22.7. The van der Waals surface area contributed by atoms with Crippen molar-refractivity contribution >= 4 is 11.8 Å². The molecule has 6 rings (SSSR count). The van der Waals surface area contributed by atoms with Gasteiger partial charge in [-0.05, 0) is 41.7 Å². The van der Waals surface area contributed by atoms with E-state index in [0.717, 1.165) is 22.1 Å². The van der Waals surface area contributed by atoms with E-state index in [1.807, 2.05) is 54.6 Å². The van der Waals surface area contributed by atoms with Gasteiger partial charge in [0.15, 0.2) is 17.4 Å². The van der Waals surface area contributed by atoms with E-state index in [4.69, 9.17) is 9.15 Å². The van der Waals surface area contributed by atoms with E-state index in [0.29, 0.717) is 18.4 Å². The number of aliphatic hydroxyl groups is 1. The number of benzene rings is 3. The van der Waals surface area contributed by atoms with Crippen molar-refractivity contribution in [2.45, 2.75) is 42.2 Å². The van der Waals surface area contributed by atoms with Crippen LogP contribution in [0.15, 0.2) is 98.5 Å². The van der Waals surface area contributed by atoms with Gasteiger partial charge in [0.05, 0.1) is 11.5 Å². The molecule has 3 aromatic carbocycles. The Kier molecular flexibility index (Phi) is 7.35. The molecule has 1 aliphatic carbocycles. The fourth-order valence-corrected chi connectivity index (χ4v) is 6.53. The maximum Gasteiger partial charge on any atom is 0.227 e. The smallest absolute Gasteiger partial charge is 0.227 e. The lowest BCUT2D eigenvalue weighted by Crippen LogP contribution is -2.34. The number of rotatable bonds is 9. The monoisotopic (exact) mass is 576 g/mol. The highest BCUT2D eigenvalue weighted by atomic mass is 32.2. The lowest BCUT2D eigenvalue weighted by molar-refractivity contribution is 0.0336. The molecular formula is C31H26F2N2O5S. The first kappa shape index (κ1) is 27.2. The van der Waals surface area contributed by atoms with Crippen LogP contribution in [-0.2, 0) is 12.4 Å². The van der Waals surface area contributed by atoms with E-state index in [2.05, 4.69) is 5.29 Å². The van der Waals surface area contributed by atoms with Gasteiger partial charge in [0.2, 0.25) is 11.2 Å². The van der Waals surface area contributed by atoms with Gasteiger partial charge in [-0.15, -0.1) is 16.7 Å². The van der Waals surface area contributed by atoms with Crippen LogP contribution in [0, 0.1) is 22.0 Å². The number of ether oxygens (including phenoxy) is 1. The van der Waals surface area contributed by atoms with Gasteiger partial charge in [-0.3, -0.25) is 4.79 Å². The van der Waals surface area contributed by atoms with Gasteiger partial charge >= 0.3 is 0 Å². The van der Waals surface area contributed by atoms with Crippen LogP contribution in [0.3, 0.4) is 0 Å². The molecule has 0 bridgehead atoms. The predicted molar refractivity (Wildman–Crippen MR) is 149 cm³/mol. The first-order chi connectivity index (χ1) is 19.9. The molecule has 1 fully saturated rings. The summed E-state index contributed by atoms with van der Waals surface area (Å²) in [7, 11) is 0. The Bertz CT molecular complexity index is 1640. The summed E-state index contributed by atoms with van der Waals surface area (Å²) in [4.78, 5) is 26.0. The van der Waals surface area contributed by atoms with Crippen LogP contribution in [0.5, 0.6) is 5.75 Å². The Balaban J connectivity index is 1.34. The minimum Gasteiger partial charge on any atom is -0.482 e. The normalized spacial score (nSPS) is 17.5. The lowest BCUT2D eigenvalue weighted by atomic mass is 9.91. The predicted octanol–water partition coefficient (Wildman–Crippen LogP) is 6.69. The Morgan fingerprint density at radius 3 is 2.56 bits per heavy atom. The van der Waals surface area contributed by atoms with Gasteiger partial charge in [0.25, 0.3) is 0 Å². The number of hydrogen-bond donors (Lipinski definition) is 1. The molecule has 0 amide bonds. The van der Waals surface area contributed by atoms with Crippen molar-refractivity contribution in [2.24, 2.45) is 10.7 Å². The fraction of sp³-hybridized carbons (Fsp3) is 0.258. The zero-order valence-electron chi connectivity index (χ0n) is 21.8. The van der Waals surface area contributed by atoms with Crippen molar-refractivity contribution in [3.8, 4) is 5.75 Å². The maximum atomic E-state index is 15.0. The molecule has 1 N–H and O–H groups in total. The molecule has 7 nitrogen and oxygen atoms in total. The van der Waals surface area contributed by atoms with Gasteiger partial charge < -0.3 is 14.3 Å². The van der Waals surface area contributed by atoms with E-state index in [9.17, 15) is 23.6 Å². The van der Waals surface area contributed by atoms with Crippen molar-refractivity contribution in [3.05, 3.63) is 134 Å². The van der Waals surface area contributed by atoms with Gasteiger partial charge in [-0.1, -0.05) is 54.6 Å². The van der Waals surface area contributed by atoms with Gasteiger partial charge in [-0.2, -0.15) is 0 Å². The molecule has 2 atom stereocenters. The Morgan fingerprint density at radius 2 is 1.80 bits per heavy atom. The molecule has 4 aromatic rings. The van der Waals surface area contributed by atoms with Crippen LogP contribution in [0.1, 0.15) is 53.0 Å². The molecule has 210 valence electrons. The number of nitrogens with zero attached hydrogens (tertiary/aromatic N) is 2. The van der Waals surface area contributed by atoms with Crippen molar-refractivity contribution in [1.82, 2.24) is 5.01 Å². The van der Waals surface area contributed by atoms with E-state index < -0.39 is 34.6 Å². The highest BCUT2D eigenvalue weighted by Gasteiger charge is 2.54. The second-order valence-electron chi connectivity index (χ2n) is 10.4. The number of thioether (sulfide) groups is 1. The highest BCUT2D eigenvalue weighted by Crippen LogP contribution is 2.57. The van der Waals surface area contributed by atoms with Crippen LogP contribution in [0.2, 0.25) is 0 Å². The first-order valence-corrected chi connectivity index (χ1v) is 14.2. The Hall–Kier alpha value is -4.02. The van der Waals surface area contributed by atoms with Gasteiger partial charge in [0, 0.05) is 34.2 Å². The molecule has 1 aromatic heterocycles. The third-order valence-corrected chi connectivity index (χ3v) is 8.92. The van der Waals surface area contributed by atoms with E-state index >= 15 is 0 Å². The van der Waals surface area contributed by atoms with Crippen LogP contribution in [-0.4, -0.2) is 16.7 Å². The maximum absolute atomic E-state index is 15.0. The minimum atomic E-state index is -1.29. The third kappa shape index (κ3) is 5.13. The molecule has 2 heterocycles. The molecule has 41 heavy (non-hydrogen) atoms. The minimum absolute atomic E-state index is 0.0174. The molecule has 0 radical (unpaired) electrons. The van der Waals surface area contributed by atoms with Crippen molar-refractivity contribution in [1.29, 1.82) is 0 Å².